The Bertz CT molecular complexity index is 161. The van der Waals surface area contributed by atoms with Crippen LogP contribution in [0.3, 0.4) is 0 Å². The fraction of sp³-hybridized carbons (Fsp3) is 0.875. The van der Waals surface area contributed by atoms with Crippen LogP contribution in [-0.4, -0.2) is 50.3 Å². The van der Waals surface area contributed by atoms with Gasteiger partial charge in [-0.2, -0.15) is 0 Å². The van der Waals surface area contributed by atoms with E-state index < -0.39 is 5.66 Å². The molecule has 0 saturated carbocycles. The van der Waals surface area contributed by atoms with Crippen LogP contribution in [0.4, 0.5) is 0 Å². The lowest BCUT2D eigenvalue weighted by atomic mass is 10.0. The summed E-state index contributed by atoms with van der Waals surface area (Å²) in [6, 6.07) is -0.299. The van der Waals surface area contributed by atoms with Gasteiger partial charge in [-0.3, -0.25) is 15.4 Å². The second-order valence-electron chi connectivity index (χ2n) is 2.94. The number of ketones is 1. The fourth-order valence-corrected chi connectivity index (χ4v) is 1.11. The number of carbonyl (C=O) groups excluding carboxylic acids is 1. The van der Waals surface area contributed by atoms with Gasteiger partial charge in [-0.1, -0.05) is 0 Å². The first-order valence-corrected chi connectivity index (χ1v) is 4.28. The molecule has 0 spiro atoms. The number of Topliss-reactive ketones (excluding diaryl/α,β-unsaturated/α-hetero) is 1. The zero-order valence-corrected chi connectivity index (χ0v) is 8.64. The highest BCUT2D eigenvalue weighted by Gasteiger charge is 2.36. The van der Waals surface area contributed by atoms with Crippen molar-refractivity contribution in [3.05, 3.63) is 0 Å². The van der Waals surface area contributed by atoms with Gasteiger partial charge in [0.25, 0.3) is 0 Å². The third-order valence-corrected chi connectivity index (χ3v) is 2.34. The van der Waals surface area contributed by atoms with E-state index in [9.17, 15) is 4.79 Å². The van der Waals surface area contributed by atoms with Crippen molar-refractivity contribution < 1.29 is 9.90 Å². The standard InChI is InChI=1S/C8H19N3O2/c1-6(9-2)7(13)8(5-12,10-3)11-4/h6,9-12H,5H2,1-4H3/t6-/m0/s1. The molecule has 0 heterocycles. The molecule has 0 aliphatic carbocycles. The smallest absolute Gasteiger partial charge is 0.186 e. The molecule has 13 heavy (non-hydrogen) atoms. The number of likely N-dealkylation sites (N-methyl/N-ethyl adjacent to an activating group) is 3. The van der Waals surface area contributed by atoms with Crippen molar-refractivity contribution in [2.45, 2.75) is 18.6 Å². The number of hydrogen-bond donors (Lipinski definition) is 4. The Labute approximate surface area is 78.9 Å². The number of hydrogen-bond acceptors (Lipinski definition) is 5. The largest absolute Gasteiger partial charge is 0.393 e. The van der Waals surface area contributed by atoms with Crippen molar-refractivity contribution in [3.63, 3.8) is 0 Å². The summed E-state index contributed by atoms with van der Waals surface area (Å²) in [7, 11) is 4.97. The van der Waals surface area contributed by atoms with Gasteiger partial charge >= 0.3 is 0 Å². The van der Waals surface area contributed by atoms with Crippen molar-refractivity contribution >= 4 is 5.78 Å². The Balaban J connectivity index is 4.63. The summed E-state index contributed by atoms with van der Waals surface area (Å²) in [5.41, 5.74) is -1.04. The summed E-state index contributed by atoms with van der Waals surface area (Å²) in [5.74, 6) is -0.109. The van der Waals surface area contributed by atoms with Crippen LogP contribution in [0.1, 0.15) is 6.92 Å². The number of rotatable bonds is 6. The van der Waals surface area contributed by atoms with Crippen LogP contribution in [0.15, 0.2) is 0 Å². The molecule has 1 atom stereocenters. The van der Waals surface area contributed by atoms with Crippen LogP contribution in [0.25, 0.3) is 0 Å². The molecule has 0 unspecified atom stereocenters. The van der Waals surface area contributed by atoms with Crippen LogP contribution in [0, 0.1) is 0 Å². The number of carbonyl (C=O) groups is 1. The minimum absolute atomic E-state index is 0.109. The fourth-order valence-electron chi connectivity index (χ4n) is 1.11. The SMILES string of the molecule is CN[C@@H](C)C(=O)C(CO)(NC)NC. The Morgan fingerprint density at radius 2 is 1.85 bits per heavy atom. The molecule has 0 rings (SSSR count). The van der Waals surface area contributed by atoms with Crippen LogP contribution in [0.2, 0.25) is 0 Å². The monoisotopic (exact) mass is 189 g/mol. The lowest BCUT2D eigenvalue weighted by Crippen LogP contribution is -2.66. The Morgan fingerprint density at radius 1 is 1.38 bits per heavy atom. The predicted octanol–water partition coefficient (Wildman–Crippen LogP) is -1.71. The highest BCUT2D eigenvalue weighted by atomic mass is 16.3. The molecule has 0 aromatic rings. The zero-order chi connectivity index (χ0) is 10.5. The van der Waals surface area contributed by atoms with E-state index in [2.05, 4.69) is 16.0 Å². The summed E-state index contributed by atoms with van der Waals surface area (Å²) < 4.78 is 0. The third-order valence-electron chi connectivity index (χ3n) is 2.34. The molecule has 0 radical (unpaired) electrons. The van der Waals surface area contributed by atoms with Gasteiger partial charge in [0.2, 0.25) is 0 Å². The van der Waals surface area contributed by atoms with E-state index in [4.69, 9.17) is 5.11 Å². The highest BCUT2D eigenvalue weighted by Crippen LogP contribution is 2.03. The number of aliphatic hydroxyl groups is 1. The molecule has 0 bridgehead atoms. The minimum Gasteiger partial charge on any atom is -0.393 e. The average Bonchev–Trinajstić information content (AvgIpc) is 2.20. The first-order valence-electron chi connectivity index (χ1n) is 4.28. The third kappa shape index (κ3) is 2.47. The molecular formula is C8H19N3O2. The van der Waals surface area contributed by atoms with Crippen molar-refractivity contribution in [3.8, 4) is 0 Å². The van der Waals surface area contributed by atoms with Gasteiger partial charge in [0, 0.05) is 0 Å². The van der Waals surface area contributed by atoms with Gasteiger partial charge in [0.05, 0.1) is 12.6 Å². The topological polar surface area (TPSA) is 73.4 Å². The van der Waals surface area contributed by atoms with E-state index in [-0.39, 0.29) is 18.4 Å². The summed E-state index contributed by atoms with van der Waals surface area (Å²) in [5, 5.41) is 17.5. The molecule has 0 fully saturated rings. The highest BCUT2D eigenvalue weighted by molar-refractivity contribution is 5.92. The maximum atomic E-state index is 11.7. The van der Waals surface area contributed by atoms with Crippen LogP contribution >= 0.6 is 0 Å². The Hall–Kier alpha value is -0.490. The summed E-state index contributed by atoms with van der Waals surface area (Å²) in [4.78, 5) is 11.7. The predicted molar refractivity (Wildman–Crippen MR) is 51.5 cm³/mol. The van der Waals surface area contributed by atoms with E-state index in [0.29, 0.717) is 0 Å². The average molecular weight is 189 g/mol. The van der Waals surface area contributed by atoms with E-state index in [1.807, 2.05) is 0 Å². The first-order chi connectivity index (χ1) is 6.07. The van der Waals surface area contributed by atoms with E-state index >= 15 is 0 Å². The number of aliphatic hydroxyl groups excluding tert-OH is 1. The maximum Gasteiger partial charge on any atom is 0.186 e. The molecule has 0 aromatic carbocycles. The van der Waals surface area contributed by atoms with E-state index in [1.54, 1.807) is 28.1 Å². The van der Waals surface area contributed by atoms with Crippen LogP contribution in [0.5, 0.6) is 0 Å². The molecule has 5 heteroatoms. The Kier molecular flexibility index (Phi) is 5.09. The zero-order valence-electron chi connectivity index (χ0n) is 8.64. The van der Waals surface area contributed by atoms with Crippen molar-refractivity contribution in [2.75, 3.05) is 27.7 Å². The molecule has 78 valence electrons. The second-order valence-corrected chi connectivity index (χ2v) is 2.94. The van der Waals surface area contributed by atoms with Gasteiger partial charge < -0.3 is 10.4 Å². The first kappa shape index (κ1) is 12.5. The lowest BCUT2D eigenvalue weighted by molar-refractivity contribution is -0.129. The normalized spacial score (nSPS) is 14.2. The van der Waals surface area contributed by atoms with Crippen molar-refractivity contribution in [1.82, 2.24) is 16.0 Å². The molecule has 0 aliphatic heterocycles. The Morgan fingerprint density at radius 3 is 2.08 bits per heavy atom. The van der Waals surface area contributed by atoms with E-state index in [0.717, 1.165) is 0 Å². The lowest BCUT2D eigenvalue weighted by Gasteiger charge is -2.31. The summed E-state index contributed by atoms with van der Waals surface area (Å²) in [6.45, 7) is 1.48. The summed E-state index contributed by atoms with van der Waals surface area (Å²) in [6.07, 6.45) is 0. The van der Waals surface area contributed by atoms with Gasteiger partial charge in [-0.25, -0.2) is 0 Å². The van der Waals surface area contributed by atoms with Crippen LogP contribution < -0.4 is 16.0 Å². The minimum atomic E-state index is -1.04. The quantitative estimate of drug-likeness (QED) is 0.375. The van der Waals surface area contributed by atoms with Gasteiger partial charge in [0.1, 0.15) is 0 Å². The van der Waals surface area contributed by atoms with Crippen molar-refractivity contribution in [1.29, 1.82) is 0 Å². The number of nitrogens with one attached hydrogen (secondary N) is 3. The second kappa shape index (κ2) is 5.29. The summed E-state index contributed by atoms with van der Waals surface area (Å²) >= 11 is 0. The molecule has 0 saturated heterocycles. The maximum absolute atomic E-state index is 11.7. The molecule has 5 nitrogen and oxygen atoms in total. The van der Waals surface area contributed by atoms with Crippen LogP contribution in [-0.2, 0) is 4.79 Å². The molecule has 0 aromatic heterocycles. The van der Waals surface area contributed by atoms with Gasteiger partial charge in [0.15, 0.2) is 11.4 Å². The van der Waals surface area contributed by atoms with Gasteiger partial charge in [-0.05, 0) is 28.1 Å². The molecular weight excluding hydrogens is 170 g/mol. The van der Waals surface area contributed by atoms with Crippen molar-refractivity contribution in [2.24, 2.45) is 0 Å². The molecule has 0 amide bonds. The molecule has 4 N–H and O–H groups in total. The van der Waals surface area contributed by atoms with E-state index in [1.165, 1.54) is 0 Å². The van der Waals surface area contributed by atoms with Gasteiger partial charge in [-0.15, -0.1) is 0 Å². The molecule has 0 aliphatic rings.